The van der Waals surface area contributed by atoms with Crippen LogP contribution in [0.1, 0.15) is 0 Å². The first-order chi connectivity index (χ1) is 6.75. The van der Waals surface area contributed by atoms with Crippen LogP contribution in [0, 0.1) is 5.95 Å². The summed E-state index contributed by atoms with van der Waals surface area (Å²) in [7, 11) is 0. The van der Waals surface area contributed by atoms with Crippen molar-refractivity contribution in [1.29, 1.82) is 0 Å². The summed E-state index contributed by atoms with van der Waals surface area (Å²) in [4.78, 5) is 11.1. The minimum absolute atomic E-state index is 0.139. The zero-order chi connectivity index (χ0) is 9.97. The van der Waals surface area contributed by atoms with E-state index in [1.807, 2.05) is 0 Å². The quantitative estimate of drug-likeness (QED) is 0.535. The predicted molar refractivity (Wildman–Crippen MR) is 50.2 cm³/mol. The van der Waals surface area contributed by atoms with E-state index < -0.39 is 5.95 Å². The van der Waals surface area contributed by atoms with Crippen LogP contribution in [-0.4, -0.2) is 15.0 Å². The second-order valence-electron chi connectivity index (χ2n) is 2.58. The molecule has 0 aliphatic rings. The summed E-state index contributed by atoms with van der Waals surface area (Å²) in [5, 5.41) is 0.139. The molecule has 0 spiro atoms. The first-order valence-corrected chi connectivity index (χ1v) is 4.24. The van der Waals surface area contributed by atoms with Gasteiger partial charge in [-0.25, -0.2) is 15.0 Å². The first kappa shape index (κ1) is 9.02. The third-order valence-electron chi connectivity index (χ3n) is 1.65. The van der Waals surface area contributed by atoms with Crippen LogP contribution < -0.4 is 0 Å². The Morgan fingerprint density at radius 2 is 1.93 bits per heavy atom. The largest absolute Gasteiger partial charge is 0.228 e. The van der Waals surface area contributed by atoms with Crippen molar-refractivity contribution in [3.05, 3.63) is 41.8 Å². The first-order valence-electron chi connectivity index (χ1n) is 3.86. The van der Waals surface area contributed by atoms with Crippen molar-refractivity contribution in [2.45, 2.75) is 0 Å². The molecule has 0 aliphatic carbocycles. The van der Waals surface area contributed by atoms with Gasteiger partial charge in [-0.15, -0.1) is 0 Å². The summed E-state index contributed by atoms with van der Waals surface area (Å²) in [5.74, 6) is -0.544. The molecule has 0 aromatic carbocycles. The zero-order valence-electron chi connectivity index (χ0n) is 6.98. The molecule has 2 aromatic heterocycles. The van der Waals surface area contributed by atoms with E-state index in [1.165, 1.54) is 18.5 Å². The molecule has 14 heavy (non-hydrogen) atoms. The second-order valence-corrected chi connectivity index (χ2v) is 2.92. The fourth-order valence-electron chi connectivity index (χ4n) is 1.06. The Balaban J connectivity index is 2.49. The normalized spacial score (nSPS) is 10.1. The Morgan fingerprint density at radius 3 is 2.64 bits per heavy atom. The van der Waals surface area contributed by atoms with Crippen LogP contribution >= 0.6 is 11.6 Å². The molecular formula is C9H5ClFN3. The molecule has 0 atom stereocenters. The van der Waals surface area contributed by atoms with E-state index in [9.17, 15) is 4.39 Å². The number of nitrogens with zero attached hydrogens (tertiary/aromatic N) is 3. The highest BCUT2D eigenvalue weighted by atomic mass is 35.5. The zero-order valence-corrected chi connectivity index (χ0v) is 7.74. The minimum atomic E-state index is -0.544. The van der Waals surface area contributed by atoms with Crippen molar-refractivity contribution in [2.24, 2.45) is 0 Å². The Kier molecular flexibility index (Phi) is 2.37. The summed E-state index contributed by atoms with van der Waals surface area (Å²) in [6.45, 7) is 0. The average Bonchev–Trinajstić information content (AvgIpc) is 2.18. The van der Waals surface area contributed by atoms with E-state index in [2.05, 4.69) is 15.0 Å². The predicted octanol–water partition coefficient (Wildman–Crippen LogP) is 2.33. The number of aromatic nitrogens is 3. The van der Waals surface area contributed by atoms with Crippen molar-refractivity contribution < 1.29 is 4.39 Å². The maximum absolute atomic E-state index is 12.8. The Bertz CT molecular complexity index is 418. The van der Waals surface area contributed by atoms with Crippen molar-refractivity contribution >= 4 is 11.6 Å². The molecule has 0 saturated carbocycles. The smallest absolute Gasteiger partial charge is 0.222 e. The van der Waals surface area contributed by atoms with Crippen molar-refractivity contribution in [2.75, 3.05) is 0 Å². The lowest BCUT2D eigenvalue weighted by Gasteiger charge is -1.99. The molecule has 0 aliphatic heterocycles. The van der Waals surface area contributed by atoms with Crippen LogP contribution in [0.3, 0.4) is 0 Å². The van der Waals surface area contributed by atoms with Crippen LogP contribution in [0.5, 0.6) is 0 Å². The third-order valence-corrected chi connectivity index (χ3v) is 1.83. The van der Waals surface area contributed by atoms with Gasteiger partial charge in [-0.1, -0.05) is 0 Å². The minimum Gasteiger partial charge on any atom is -0.228 e. The summed E-state index contributed by atoms with van der Waals surface area (Å²) in [5.41, 5.74) is 1.20. The van der Waals surface area contributed by atoms with Crippen molar-refractivity contribution in [3.63, 3.8) is 0 Å². The number of hydrogen-bond acceptors (Lipinski definition) is 3. The van der Waals surface area contributed by atoms with Gasteiger partial charge in [-0.3, -0.25) is 0 Å². The van der Waals surface area contributed by atoms with Gasteiger partial charge in [0.1, 0.15) is 0 Å². The summed E-state index contributed by atoms with van der Waals surface area (Å²) in [6, 6.07) is 4.60. The molecule has 5 heteroatoms. The number of rotatable bonds is 1. The van der Waals surface area contributed by atoms with Crippen molar-refractivity contribution in [3.8, 4) is 11.3 Å². The number of halogens is 2. The molecule has 0 amide bonds. The molecule has 70 valence electrons. The number of pyridine rings is 1. The summed E-state index contributed by atoms with van der Waals surface area (Å²) in [6.07, 6.45) is 2.89. The van der Waals surface area contributed by atoms with Gasteiger partial charge in [-0.05, 0) is 23.7 Å². The summed E-state index contributed by atoms with van der Waals surface area (Å²) >= 11 is 5.60. The number of hydrogen-bond donors (Lipinski definition) is 0. The van der Waals surface area contributed by atoms with Gasteiger partial charge in [0.15, 0.2) is 0 Å². The van der Waals surface area contributed by atoms with Crippen LogP contribution in [-0.2, 0) is 0 Å². The Morgan fingerprint density at radius 1 is 1.14 bits per heavy atom. The van der Waals surface area contributed by atoms with Gasteiger partial charge in [0.2, 0.25) is 11.2 Å². The SMILES string of the molecule is Fc1cc(-c2ccnc(Cl)n2)ccn1. The van der Waals surface area contributed by atoms with Gasteiger partial charge in [0.25, 0.3) is 0 Å². The fraction of sp³-hybridized carbons (Fsp3) is 0. The molecule has 0 fully saturated rings. The average molecular weight is 210 g/mol. The van der Waals surface area contributed by atoms with Crippen LogP contribution in [0.25, 0.3) is 11.3 Å². The van der Waals surface area contributed by atoms with Gasteiger partial charge < -0.3 is 0 Å². The van der Waals surface area contributed by atoms with Crippen LogP contribution in [0.4, 0.5) is 4.39 Å². The van der Waals surface area contributed by atoms with E-state index in [4.69, 9.17) is 11.6 Å². The van der Waals surface area contributed by atoms with Crippen LogP contribution in [0.2, 0.25) is 5.28 Å². The highest BCUT2D eigenvalue weighted by molar-refractivity contribution is 6.28. The molecule has 3 nitrogen and oxygen atoms in total. The summed E-state index contributed by atoms with van der Waals surface area (Å²) < 4.78 is 12.8. The van der Waals surface area contributed by atoms with E-state index >= 15 is 0 Å². The molecule has 0 unspecified atom stereocenters. The molecule has 2 rings (SSSR count). The lowest BCUT2D eigenvalue weighted by molar-refractivity contribution is 0.584. The molecule has 0 radical (unpaired) electrons. The highest BCUT2D eigenvalue weighted by Crippen LogP contribution is 2.17. The van der Waals surface area contributed by atoms with Crippen LogP contribution in [0.15, 0.2) is 30.6 Å². The Labute approximate surface area is 84.6 Å². The molecule has 2 aromatic rings. The van der Waals surface area contributed by atoms with Gasteiger partial charge in [0.05, 0.1) is 5.69 Å². The molecular weight excluding hydrogens is 205 g/mol. The van der Waals surface area contributed by atoms with E-state index in [-0.39, 0.29) is 5.28 Å². The van der Waals surface area contributed by atoms with Crippen molar-refractivity contribution in [1.82, 2.24) is 15.0 Å². The van der Waals surface area contributed by atoms with Gasteiger partial charge >= 0.3 is 0 Å². The van der Waals surface area contributed by atoms with E-state index in [1.54, 1.807) is 12.1 Å². The molecule has 0 bridgehead atoms. The van der Waals surface area contributed by atoms with Gasteiger partial charge in [0, 0.05) is 24.0 Å². The maximum Gasteiger partial charge on any atom is 0.222 e. The lowest BCUT2D eigenvalue weighted by atomic mass is 10.2. The molecule has 0 N–H and O–H groups in total. The van der Waals surface area contributed by atoms with E-state index in [0.29, 0.717) is 11.3 Å². The third kappa shape index (κ3) is 1.85. The molecule has 2 heterocycles. The second kappa shape index (κ2) is 3.67. The highest BCUT2D eigenvalue weighted by Gasteiger charge is 2.01. The van der Waals surface area contributed by atoms with Gasteiger partial charge in [-0.2, -0.15) is 4.39 Å². The monoisotopic (exact) mass is 209 g/mol. The topological polar surface area (TPSA) is 38.7 Å². The maximum atomic E-state index is 12.8. The standard InChI is InChI=1S/C9H5ClFN3/c10-9-13-4-2-7(14-9)6-1-3-12-8(11)5-6/h1-5H. The molecule has 0 saturated heterocycles. The lowest BCUT2D eigenvalue weighted by Crippen LogP contribution is -1.88. The Hall–Kier alpha value is -1.55. The van der Waals surface area contributed by atoms with E-state index in [0.717, 1.165) is 0 Å². The fourth-order valence-corrected chi connectivity index (χ4v) is 1.20.